The summed E-state index contributed by atoms with van der Waals surface area (Å²) in [6.07, 6.45) is 0.744. The molecule has 0 amide bonds. The summed E-state index contributed by atoms with van der Waals surface area (Å²) >= 11 is 0. The van der Waals surface area contributed by atoms with Crippen molar-refractivity contribution in [1.29, 1.82) is 0 Å². The van der Waals surface area contributed by atoms with Crippen LogP contribution >= 0.6 is 0 Å². The van der Waals surface area contributed by atoms with Gasteiger partial charge in [-0.1, -0.05) is 0 Å². The van der Waals surface area contributed by atoms with E-state index in [1.54, 1.807) is 14.2 Å². The van der Waals surface area contributed by atoms with Gasteiger partial charge in [-0.25, -0.2) is 4.98 Å². The van der Waals surface area contributed by atoms with Gasteiger partial charge in [0.1, 0.15) is 5.82 Å². The molecule has 19 heavy (non-hydrogen) atoms. The van der Waals surface area contributed by atoms with Gasteiger partial charge in [0.15, 0.2) is 11.5 Å². The number of ether oxygens (including phenoxy) is 2. The van der Waals surface area contributed by atoms with Gasteiger partial charge in [-0.2, -0.15) is 0 Å². The van der Waals surface area contributed by atoms with E-state index in [1.807, 2.05) is 25.1 Å². The highest BCUT2D eigenvalue weighted by molar-refractivity contribution is 5.66. The Morgan fingerprint density at radius 2 is 1.95 bits per heavy atom. The molecule has 2 aromatic rings. The first kappa shape index (κ1) is 13.4. The van der Waals surface area contributed by atoms with Crippen molar-refractivity contribution in [2.45, 2.75) is 13.3 Å². The fourth-order valence-electron chi connectivity index (χ4n) is 2.04. The van der Waals surface area contributed by atoms with Crippen LogP contribution in [0.25, 0.3) is 11.3 Å². The van der Waals surface area contributed by atoms with E-state index in [0.717, 1.165) is 29.2 Å². The van der Waals surface area contributed by atoms with E-state index in [-0.39, 0.29) is 0 Å². The zero-order valence-electron chi connectivity index (χ0n) is 11.5. The van der Waals surface area contributed by atoms with Gasteiger partial charge < -0.3 is 20.2 Å². The van der Waals surface area contributed by atoms with Crippen LogP contribution in [0.2, 0.25) is 0 Å². The summed E-state index contributed by atoms with van der Waals surface area (Å²) in [5, 5.41) is 0. The van der Waals surface area contributed by atoms with Crippen molar-refractivity contribution in [1.82, 2.24) is 9.97 Å². The summed E-state index contributed by atoms with van der Waals surface area (Å²) in [6, 6.07) is 5.77. The van der Waals surface area contributed by atoms with Gasteiger partial charge >= 0.3 is 0 Å². The van der Waals surface area contributed by atoms with Gasteiger partial charge in [-0.05, 0) is 31.7 Å². The Labute approximate surface area is 112 Å². The molecule has 1 aromatic carbocycles. The zero-order chi connectivity index (χ0) is 13.8. The van der Waals surface area contributed by atoms with Crippen molar-refractivity contribution < 1.29 is 9.47 Å². The highest BCUT2D eigenvalue weighted by atomic mass is 16.5. The zero-order valence-corrected chi connectivity index (χ0v) is 11.5. The van der Waals surface area contributed by atoms with Crippen LogP contribution in [0, 0.1) is 6.92 Å². The Morgan fingerprint density at radius 1 is 1.21 bits per heavy atom. The molecule has 1 heterocycles. The summed E-state index contributed by atoms with van der Waals surface area (Å²) in [4.78, 5) is 7.82. The van der Waals surface area contributed by atoms with Crippen LogP contribution in [0.15, 0.2) is 18.2 Å². The Bertz CT molecular complexity index is 564. The molecule has 0 saturated heterocycles. The number of nitrogens with two attached hydrogens (primary N) is 1. The predicted molar refractivity (Wildman–Crippen MR) is 74.6 cm³/mol. The molecule has 102 valence electrons. The number of nitrogens with zero attached hydrogens (tertiary/aromatic N) is 1. The predicted octanol–water partition coefficient (Wildman–Crippen LogP) is 1.90. The largest absolute Gasteiger partial charge is 0.493 e. The maximum absolute atomic E-state index is 5.55. The normalized spacial score (nSPS) is 10.5. The molecule has 0 spiro atoms. The molecule has 0 radical (unpaired) electrons. The summed E-state index contributed by atoms with van der Waals surface area (Å²) in [5.41, 5.74) is 8.49. The number of imidazole rings is 1. The molecule has 0 saturated carbocycles. The molecule has 0 unspecified atom stereocenters. The van der Waals surface area contributed by atoms with Crippen LogP contribution in [-0.2, 0) is 6.42 Å². The van der Waals surface area contributed by atoms with Gasteiger partial charge in [0.2, 0.25) is 0 Å². The summed E-state index contributed by atoms with van der Waals surface area (Å²) in [5.74, 6) is 2.31. The SMILES string of the molecule is COc1ccc(-c2nc(CCN)[nH]c2C)cc1OC. The lowest BCUT2D eigenvalue weighted by molar-refractivity contribution is 0.355. The third-order valence-electron chi connectivity index (χ3n) is 2.97. The highest BCUT2D eigenvalue weighted by Crippen LogP contribution is 2.32. The number of rotatable bonds is 5. The van der Waals surface area contributed by atoms with E-state index in [2.05, 4.69) is 9.97 Å². The molecule has 0 bridgehead atoms. The maximum atomic E-state index is 5.55. The smallest absolute Gasteiger partial charge is 0.161 e. The van der Waals surface area contributed by atoms with E-state index >= 15 is 0 Å². The Morgan fingerprint density at radius 3 is 2.58 bits per heavy atom. The first-order valence-electron chi connectivity index (χ1n) is 6.17. The molecular formula is C14H19N3O2. The van der Waals surface area contributed by atoms with Crippen LogP contribution in [0.5, 0.6) is 11.5 Å². The molecule has 2 rings (SSSR count). The number of hydrogen-bond acceptors (Lipinski definition) is 4. The van der Waals surface area contributed by atoms with Crippen molar-refractivity contribution in [2.24, 2.45) is 5.73 Å². The molecule has 0 aliphatic heterocycles. The van der Waals surface area contributed by atoms with Crippen molar-refractivity contribution in [3.05, 3.63) is 29.7 Å². The average Bonchev–Trinajstić information content (AvgIpc) is 2.79. The second kappa shape index (κ2) is 5.75. The summed E-state index contributed by atoms with van der Waals surface area (Å²) in [6.45, 7) is 2.58. The van der Waals surface area contributed by atoms with Gasteiger partial charge in [0.25, 0.3) is 0 Å². The topological polar surface area (TPSA) is 73.2 Å². The van der Waals surface area contributed by atoms with Crippen molar-refractivity contribution in [3.63, 3.8) is 0 Å². The number of hydrogen-bond donors (Lipinski definition) is 2. The number of aromatic nitrogens is 2. The first-order valence-corrected chi connectivity index (χ1v) is 6.17. The number of benzene rings is 1. The van der Waals surface area contributed by atoms with E-state index in [4.69, 9.17) is 15.2 Å². The first-order chi connectivity index (χ1) is 9.19. The van der Waals surface area contributed by atoms with Crippen LogP contribution in [0.3, 0.4) is 0 Å². The highest BCUT2D eigenvalue weighted by Gasteiger charge is 2.11. The van der Waals surface area contributed by atoms with Gasteiger partial charge in [0.05, 0.1) is 19.9 Å². The minimum Gasteiger partial charge on any atom is -0.493 e. The number of aromatic amines is 1. The Balaban J connectivity index is 2.41. The third kappa shape index (κ3) is 2.71. The number of aryl methyl sites for hydroxylation is 1. The van der Waals surface area contributed by atoms with Gasteiger partial charge in [-0.3, -0.25) is 0 Å². The van der Waals surface area contributed by atoms with Crippen LogP contribution in [0.1, 0.15) is 11.5 Å². The molecule has 1 aromatic heterocycles. The van der Waals surface area contributed by atoms with E-state index in [1.165, 1.54) is 0 Å². The van der Waals surface area contributed by atoms with Crippen LogP contribution in [0.4, 0.5) is 0 Å². The van der Waals surface area contributed by atoms with Crippen molar-refractivity contribution in [3.8, 4) is 22.8 Å². The van der Waals surface area contributed by atoms with E-state index in [0.29, 0.717) is 18.0 Å². The molecule has 5 nitrogen and oxygen atoms in total. The molecule has 0 aliphatic rings. The molecule has 5 heteroatoms. The molecule has 0 fully saturated rings. The van der Waals surface area contributed by atoms with Gasteiger partial charge in [0, 0.05) is 17.7 Å². The molecule has 0 atom stereocenters. The second-order valence-electron chi connectivity index (χ2n) is 4.27. The van der Waals surface area contributed by atoms with E-state index < -0.39 is 0 Å². The molecule has 3 N–H and O–H groups in total. The fourth-order valence-corrected chi connectivity index (χ4v) is 2.04. The summed E-state index contributed by atoms with van der Waals surface area (Å²) < 4.78 is 10.5. The van der Waals surface area contributed by atoms with E-state index in [9.17, 15) is 0 Å². The quantitative estimate of drug-likeness (QED) is 0.862. The Kier molecular flexibility index (Phi) is 4.06. The lowest BCUT2D eigenvalue weighted by Gasteiger charge is -2.08. The van der Waals surface area contributed by atoms with Crippen molar-refractivity contribution >= 4 is 0 Å². The monoisotopic (exact) mass is 261 g/mol. The van der Waals surface area contributed by atoms with Crippen LogP contribution in [-0.4, -0.2) is 30.7 Å². The minimum absolute atomic E-state index is 0.582. The second-order valence-corrected chi connectivity index (χ2v) is 4.27. The number of H-pyrrole nitrogens is 1. The third-order valence-corrected chi connectivity index (χ3v) is 2.97. The minimum atomic E-state index is 0.582. The average molecular weight is 261 g/mol. The van der Waals surface area contributed by atoms with Crippen LogP contribution < -0.4 is 15.2 Å². The van der Waals surface area contributed by atoms with Gasteiger partial charge in [-0.15, -0.1) is 0 Å². The number of nitrogens with one attached hydrogen (secondary N) is 1. The Hall–Kier alpha value is -2.01. The summed E-state index contributed by atoms with van der Waals surface area (Å²) in [7, 11) is 3.25. The standard InChI is InChI=1S/C14H19N3O2/c1-9-14(17-13(16-9)6-7-15)10-4-5-11(18-2)12(8-10)19-3/h4-5,8H,6-7,15H2,1-3H3,(H,16,17). The molecular weight excluding hydrogens is 242 g/mol. The lowest BCUT2D eigenvalue weighted by Crippen LogP contribution is -2.03. The molecule has 0 aliphatic carbocycles. The lowest BCUT2D eigenvalue weighted by atomic mass is 10.1. The fraction of sp³-hybridized carbons (Fsp3) is 0.357. The number of methoxy groups -OCH3 is 2. The maximum Gasteiger partial charge on any atom is 0.161 e. The van der Waals surface area contributed by atoms with Crippen molar-refractivity contribution in [2.75, 3.05) is 20.8 Å².